The van der Waals surface area contributed by atoms with Gasteiger partial charge in [-0.2, -0.15) is 0 Å². The molecule has 2 nitrogen and oxygen atoms in total. The summed E-state index contributed by atoms with van der Waals surface area (Å²) < 4.78 is 0. The van der Waals surface area contributed by atoms with E-state index in [1.54, 1.807) is 0 Å². The first-order chi connectivity index (χ1) is 7.84. The zero-order chi connectivity index (χ0) is 11.0. The third-order valence-electron chi connectivity index (χ3n) is 3.67. The van der Waals surface area contributed by atoms with Crippen LogP contribution in [0, 0.1) is 5.92 Å². The molecule has 1 atom stereocenters. The van der Waals surface area contributed by atoms with Crippen molar-refractivity contribution in [1.29, 1.82) is 0 Å². The average Bonchev–Trinajstić information content (AvgIpc) is 2.26. The molecule has 1 aromatic heterocycles. The van der Waals surface area contributed by atoms with E-state index >= 15 is 0 Å². The Balaban J connectivity index is 1.97. The average molecular weight is 212 g/mol. The second kappa shape index (κ2) is 3.87. The smallest absolute Gasteiger partial charge is 0.0702 e. The van der Waals surface area contributed by atoms with Crippen LogP contribution in [0.1, 0.15) is 30.9 Å². The fourth-order valence-corrected chi connectivity index (χ4v) is 2.37. The van der Waals surface area contributed by atoms with E-state index in [2.05, 4.69) is 29.2 Å². The number of hydrogen-bond donors (Lipinski definition) is 1. The van der Waals surface area contributed by atoms with Crippen LogP contribution >= 0.6 is 0 Å². The fourth-order valence-electron chi connectivity index (χ4n) is 2.37. The topological polar surface area (TPSA) is 38.9 Å². The molecular weight excluding hydrogens is 196 g/mol. The monoisotopic (exact) mass is 212 g/mol. The first-order valence-corrected chi connectivity index (χ1v) is 5.95. The van der Waals surface area contributed by atoms with Gasteiger partial charge in [0.05, 0.1) is 5.52 Å². The molecule has 82 valence electrons. The molecule has 0 spiro atoms. The van der Waals surface area contributed by atoms with Gasteiger partial charge in [-0.3, -0.25) is 4.98 Å². The SMILES string of the molecule is NC(c1ccc2ncccc2c1)C1CCC1. The van der Waals surface area contributed by atoms with Crippen LogP contribution in [-0.4, -0.2) is 4.98 Å². The van der Waals surface area contributed by atoms with Crippen molar-refractivity contribution in [2.24, 2.45) is 11.7 Å². The van der Waals surface area contributed by atoms with Gasteiger partial charge in [-0.15, -0.1) is 0 Å². The van der Waals surface area contributed by atoms with Crippen LogP contribution in [0.5, 0.6) is 0 Å². The summed E-state index contributed by atoms with van der Waals surface area (Å²) in [4.78, 5) is 4.32. The molecule has 2 heteroatoms. The van der Waals surface area contributed by atoms with Crippen molar-refractivity contribution in [3.8, 4) is 0 Å². The van der Waals surface area contributed by atoms with Crippen molar-refractivity contribution in [3.05, 3.63) is 42.1 Å². The maximum absolute atomic E-state index is 6.27. The fraction of sp³-hybridized carbons (Fsp3) is 0.357. The first-order valence-electron chi connectivity index (χ1n) is 5.95. The van der Waals surface area contributed by atoms with Gasteiger partial charge in [-0.1, -0.05) is 18.6 Å². The highest BCUT2D eigenvalue weighted by molar-refractivity contribution is 5.79. The minimum atomic E-state index is 0.207. The van der Waals surface area contributed by atoms with Gasteiger partial charge in [0, 0.05) is 17.6 Å². The molecule has 1 fully saturated rings. The Hall–Kier alpha value is -1.41. The van der Waals surface area contributed by atoms with E-state index in [-0.39, 0.29) is 6.04 Å². The predicted molar refractivity (Wildman–Crippen MR) is 66.0 cm³/mol. The van der Waals surface area contributed by atoms with Gasteiger partial charge in [-0.05, 0) is 42.5 Å². The van der Waals surface area contributed by atoms with E-state index in [1.807, 2.05) is 12.3 Å². The van der Waals surface area contributed by atoms with Crippen LogP contribution in [0.4, 0.5) is 0 Å². The second-order valence-corrected chi connectivity index (χ2v) is 4.67. The van der Waals surface area contributed by atoms with Crippen LogP contribution in [0.3, 0.4) is 0 Å². The third kappa shape index (κ3) is 1.59. The minimum absolute atomic E-state index is 0.207. The number of nitrogens with zero attached hydrogens (tertiary/aromatic N) is 1. The summed E-state index contributed by atoms with van der Waals surface area (Å²) in [5.41, 5.74) is 8.57. The lowest BCUT2D eigenvalue weighted by Crippen LogP contribution is -2.26. The molecule has 16 heavy (non-hydrogen) atoms. The summed E-state index contributed by atoms with van der Waals surface area (Å²) in [6.07, 6.45) is 5.74. The highest BCUT2D eigenvalue weighted by Gasteiger charge is 2.25. The molecule has 1 heterocycles. The summed E-state index contributed by atoms with van der Waals surface area (Å²) in [5, 5.41) is 1.19. The molecule has 1 aromatic carbocycles. The van der Waals surface area contributed by atoms with Crippen LogP contribution in [-0.2, 0) is 0 Å². The van der Waals surface area contributed by atoms with E-state index < -0.39 is 0 Å². The number of fused-ring (bicyclic) bond motifs is 1. The second-order valence-electron chi connectivity index (χ2n) is 4.67. The number of nitrogens with two attached hydrogens (primary N) is 1. The number of pyridine rings is 1. The molecule has 2 N–H and O–H groups in total. The quantitative estimate of drug-likeness (QED) is 0.831. The Morgan fingerprint density at radius 3 is 2.88 bits per heavy atom. The molecule has 0 bridgehead atoms. The number of aromatic nitrogens is 1. The summed E-state index contributed by atoms with van der Waals surface area (Å²) in [5.74, 6) is 0.689. The molecule has 0 amide bonds. The van der Waals surface area contributed by atoms with Crippen LogP contribution < -0.4 is 5.73 Å². The molecule has 0 radical (unpaired) electrons. The standard InChI is InChI=1S/C14H16N2/c15-14(10-3-1-4-10)12-6-7-13-11(9-12)5-2-8-16-13/h2,5-10,14H,1,3-4,15H2. The Morgan fingerprint density at radius 1 is 1.25 bits per heavy atom. The molecule has 0 saturated heterocycles. The zero-order valence-corrected chi connectivity index (χ0v) is 9.26. The van der Waals surface area contributed by atoms with Crippen LogP contribution in [0.2, 0.25) is 0 Å². The summed E-state index contributed by atoms with van der Waals surface area (Å²) in [7, 11) is 0. The van der Waals surface area contributed by atoms with Crippen molar-refractivity contribution in [1.82, 2.24) is 4.98 Å². The number of benzene rings is 1. The maximum Gasteiger partial charge on any atom is 0.0702 e. The lowest BCUT2D eigenvalue weighted by Gasteiger charge is -2.31. The van der Waals surface area contributed by atoms with E-state index in [4.69, 9.17) is 5.73 Å². The molecule has 1 aliphatic rings. The summed E-state index contributed by atoms with van der Waals surface area (Å²) in [6, 6.07) is 10.7. The first kappa shape index (κ1) is 9.79. The molecule has 1 saturated carbocycles. The predicted octanol–water partition coefficient (Wildman–Crippen LogP) is 3.03. The molecule has 1 unspecified atom stereocenters. The van der Waals surface area contributed by atoms with Crippen molar-refractivity contribution < 1.29 is 0 Å². The molecular formula is C14H16N2. The van der Waals surface area contributed by atoms with Gasteiger partial charge in [0.25, 0.3) is 0 Å². The third-order valence-corrected chi connectivity index (χ3v) is 3.67. The van der Waals surface area contributed by atoms with E-state index in [9.17, 15) is 0 Å². The normalized spacial score (nSPS) is 18.3. The Labute approximate surface area is 95.5 Å². The Bertz CT molecular complexity index is 503. The Kier molecular flexibility index (Phi) is 2.37. The van der Waals surface area contributed by atoms with E-state index in [1.165, 1.54) is 30.2 Å². The van der Waals surface area contributed by atoms with Gasteiger partial charge in [0.15, 0.2) is 0 Å². The lowest BCUT2D eigenvalue weighted by atomic mass is 9.77. The summed E-state index contributed by atoms with van der Waals surface area (Å²) >= 11 is 0. The van der Waals surface area contributed by atoms with Gasteiger partial charge in [-0.25, -0.2) is 0 Å². The number of hydrogen-bond acceptors (Lipinski definition) is 2. The highest BCUT2D eigenvalue weighted by atomic mass is 14.7. The van der Waals surface area contributed by atoms with Crippen LogP contribution in [0.25, 0.3) is 10.9 Å². The minimum Gasteiger partial charge on any atom is -0.324 e. The maximum atomic E-state index is 6.27. The molecule has 3 rings (SSSR count). The molecule has 0 aliphatic heterocycles. The number of rotatable bonds is 2. The van der Waals surface area contributed by atoms with E-state index in [0.29, 0.717) is 5.92 Å². The zero-order valence-electron chi connectivity index (χ0n) is 9.26. The van der Waals surface area contributed by atoms with Gasteiger partial charge in [0.1, 0.15) is 0 Å². The lowest BCUT2D eigenvalue weighted by molar-refractivity contribution is 0.264. The van der Waals surface area contributed by atoms with Crippen molar-refractivity contribution >= 4 is 10.9 Å². The summed E-state index contributed by atoms with van der Waals surface area (Å²) in [6.45, 7) is 0. The molecule has 2 aromatic rings. The van der Waals surface area contributed by atoms with E-state index in [0.717, 1.165) is 5.52 Å². The Morgan fingerprint density at radius 2 is 2.12 bits per heavy atom. The largest absolute Gasteiger partial charge is 0.324 e. The van der Waals surface area contributed by atoms with Gasteiger partial charge < -0.3 is 5.73 Å². The van der Waals surface area contributed by atoms with Gasteiger partial charge in [0.2, 0.25) is 0 Å². The van der Waals surface area contributed by atoms with Crippen molar-refractivity contribution in [2.75, 3.05) is 0 Å². The van der Waals surface area contributed by atoms with Crippen LogP contribution in [0.15, 0.2) is 36.5 Å². The highest BCUT2D eigenvalue weighted by Crippen LogP contribution is 2.36. The molecule has 1 aliphatic carbocycles. The van der Waals surface area contributed by atoms with Crippen molar-refractivity contribution in [3.63, 3.8) is 0 Å². The van der Waals surface area contributed by atoms with Gasteiger partial charge >= 0.3 is 0 Å². The van der Waals surface area contributed by atoms with Crippen molar-refractivity contribution in [2.45, 2.75) is 25.3 Å².